The summed E-state index contributed by atoms with van der Waals surface area (Å²) in [6.07, 6.45) is 0. The standard InChI is InChI=1S/C17H13BrO2/c1-10-6-7-15-14(8-10)11(2)16(17(19)20-15)12-4-3-5-13(18)9-12/h3-9H,1-2H3. The molecule has 0 atom stereocenters. The molecule has 100 valence electrons. The normalized spacial score (nSPS) is 10.9. The fourth-order valence-corrected chi connectivity index (χ4v) is 2.84. The average Bonchev–Trinajstić information content (AvgIpc) is 2.40. The molecule has 20 heavy (non-hydrogen) atoms. The molecule has 0 spiro atoms. The van der Waals surface area contributed by atoms with Gasteiger partial charge in [0, 0.05) is 9.86 Å². The van der Waals surface area contributed by atoms with Crippen LogP contribution in [-0.2, 0) is 0 Å². The first-order chi connectivity index (χ1) is 9.56. The van der Waals surface area contributed by atoms with E-state index in [1.54, 1.807) is 0 Å². The Bertz CT molecular complexity index is 862. The summed E-state index contributed by atoms with van der Waals surface area (Å²) in [5.74, 6) is 0. The minimum absolute atomic E-state index is 0.294. The molecule has 3 heteroatoms. The predicted molar refractivity (Wildman–Crippen MR) is 85.1 cm³/mol. The molecule has 1 aromatic heterocycles. The maximum absolute atomic E-state index is 12.3. The largest absolute Gasteiger partial charge is 0.422 e. The third kappa shape index (κ3) is 2.18. The molecule has 0 saturated carbocycles. The van der Waals surface area contributed by atoms with E-state index in [0.717, 1.165) is 26.5 Å². The zero-order chi connectivity index (χ0) is 14.3. The SMILES string of the molecule is Cc1ccc2oc(=O)c(-c3cccc(Br)c3)c(C)c2c1. The molecule has 0 unspecified atom stereocenters. The van der Waals surface area contributed by atoms with E-state index in [2.05, 4.69) is 22.0 Å². The summed E-state index contributed by atoms with van der Waals surface area (Å²) in [7, 11) is 0. The zero-order valence-corrected chi connectivity index (χ0v) is 12.8. The monoisotopic (exact) mass is 328 g/mol. The molecule has 0 radical (unpaired) electrons. The topological polar surface area (TPSA) is 30.2 Å². The molecule has 0 N–H and O–H groups in total. The second-order valence-electron chi connectivity index (χ2n) is 4.90. The van der Waals surface area contributed by atoms with Gasteiger partial charge in [-0.25, -0.2) is 4.79 Å². The van der Waals surface area contributed by atoms with Gasteiger partial charge in [0.1, 0.15) is 5.58 Å². The third-order valence-electron chi connectivity index (χ3n) is 3.43. The van der Waals surface area contributed by atoms with Crippen LogP contribution in [0.2, 0.25) is 0 Å². The van der Waals surface area contributed by atoms with Gasteiger partial charge >= 0.3 is 5.63 Å². The lowest BCUT2D eigenvalue weighted by molar-refractivity contribution is 0.562. The van der Waals surface area contributed by atoms with Crippen molar-refractivity contribution in [2.75, 3.05) is 0 Å². The van der Waals surface area contributed by atoms with Crippen LogP contribution in [-0.4, -0.2) is 0 Å². The summed E-state index contributed by atoms with van der Waals surface area (Å²) in [5.41, 5.74) is 3.94. The molecule has 2 aromatic carbocycles. The number of aryl methyl sites for hydroxylation is 2. The number of halogens is 1. The number of hydrogen-bond donors (Lipinski definition) is 0. The van der Waals surface area contributed by atoms with Gasteiger partial charge in [-0.2, -0.15) is 0 Å². The van der Waals surface area contributed by atoms with Gasteiger partial charge in [-0.1, -0.05) is 39.7 Å². The van der Waals surface area contributed by atoms with Crippen molar-refractivity contribution < 1.29 is 4.42 Å². The van der Waals surface area contributed by atoms with E-state index in [-0.39, 0.29) is 5.63 Å². The minimum Gasteiger partial charge on any atom is -0.422 e. The molecular formula is C17H13BrO2. The number of benzene rings is 2. The highest BCUT2D eigenvalue weighted by Gasteiger charge is 2.13. The Labute approximate surface area is 125 Å². The molecule has 0 aliphatic rings. The lowest BCUT2D eigenvalue weighted by Crippen LogP contribution is -2.06. The maximum Gasteiger partial charge on any atom is 0.344 e. The third-order valence-corrected chi connectivity index (χ3v) is 3.93. The van der Waals surface area contributed by atoms with Gasteiger partial charge in [0.05, 0.1) is 5.56 Å². The Morgan fingerprint density at radius 1 is 1.05 bits per heavy atom. The highest BCUT2D eigenvalue weighted by atomic mass is 79.9. The first kappa shape index (κ1) is 13.1. The van der Waals surface area contributed by atoms with Crippen LogP contribution in [0.25, 0.3) is 22.1 Å². The predicted octanol–water partition coefficient (Wildman–Crippen LogP) is 4.84. The van der Waals surface area contributed by atoms with E-state index < -0.39 is 0 Å². The number of rotatable bonds is 1. The lowest BCUT2D eigenvalue weighted by Gasteiger charge is -2.08. The fraction of sp³-hybridized carbons (Fsp3) is 0.118. The lowest BCUT2D eigenvalue weighted by atomic mass is 9.99. The summed E-state index contributed by atoms with van der Waals surface area (Å²) in [4.78, 5) is 12.3. The Kier molecular flexibility index (Phi) is 3.22. The molecule has 3 aromatic rings. The van der Waals surface area contributed by atoms with Crippen molar-refractivity contribution in [1.29, 1.82) is 0 Å². The molecule has 0 fully saturated rings. The van der Waals surface area contributed by atoms with Crippen LogP contribution in [0, 0.1) is 13.8 Å². The summed E-state index contributed by atoms with van der Waals surface area (Å²) in [6, 6.07) is 13.6. The van der Waals surface area contributed by atoms with Crippen LogP contribution in [0.1, 0.15) is 11.1 Å². The van der Waals surface area contributed by atoms with Crippen LogP contribution in [0.5, 0.6) is 0 Å². The molecule has 0 aliphatic carbocycles. The summed E-state index contributed by atoms with van der Waals surface area (Å²) >= 11 is 3.44. The first-order valence-electron chi connectivity index (χ1n) is 6.36. The van der Waals surface area contributed by atoms with Crippen molar-refractivity contribution >= 4 is 26.9 Å². The van der Waals surface area contributed by atoms with Gasteiger partial charge in [0.25, 0.3) is 0 Å². The van der Waals surface area contributed by atoms with Crippen molar-refractivity contribution in [2.45, 2.75) is 13.8 Å². The second kappa shape index (κ2) is 4.91. The fourth-order valence-electron chi connectivity index (χ4n) is 2.44. The number of fused-ring (bicyclic) bond motifs is 1. The van der Waals surface area contributed by atoms with E-state index in [1.165, 1.54) is 0 Å². The number of hydrogen-bond acceptors (Lipinski definition) is 2. The van der Waals surface area contributed by atoms with Crippen LogP contribution < -0.4 is 5.63 Å². The zero-order valence-electron chi connectivity index (χ0n) is 11.2. The van der Waals surface area contributed by atoms with Crippen LogP contribution >= 0.6 is 15.9 Å². The maximum atomic E-state index is 12.3. The van der Waals surface area contributed by atoms with Crippen molar-refractivity contribution in [1.82, 2.24) is 0 Å². The molecule has 0 amide bonds. The van der Waals surface area contributed by atoms with E-state index >= 15 is 0 Å². The molecule has 0 saturated heterocycles. The van der Waals surface area contributed by atoms with Gasteiger partial charge in [-0.15, -0.1) is 0 Å². The van der Waals surface area contributed by atoms with Gasteiger partial charge in [0.2, 0.25) is 0 Å². The Balaban J connectivity index is 2.39. The molecule has 0 aliphatic heterocycles. The molecule has 2 nitrogen and oxygen atoms in total. The quantitative estimate of drug-likeness (QED) is 0.598. The average molecular weight is 329 g/mol. The Morgan fingerprint density at radius 2 is 1.85 bits per heavy atom. The second-order valence-corrected chi connectivity index (χ2v) is 5.82. The summed E-state index contributed by atoms with van der Waals surface area (Å²) < 4.78 is 6.39. The first-order valence-corrected chi connectivity index (χ1v) is 7.15. The van der Waals surface area contributed by atoms with Crippen LogP contribution in [0.4, 0.5) is 0 Å². The van der Waals surface area contributed by atoms with Crippen molar-refractivity contribution in [3.05, 3.63) is 68.5 Å². The Hall–Kier alpha value is -1.87. The van der Waals surface area contributed by atoms with Crippen LogP contribution in [0.15, 0.2) is 56.1 Å². The van der Waals surface area contributed by atoms with E-state index in [0.29, 0.717) is 11.1 Å². The molecule has 1 heterocycles. The van der Waals surface area contributed by atoms with Crippen molar-refractivity contribution in [3.63, 3.8) is 0 Å². The highest BCUT2D eigenvalue weighted by Crippen LogP contribution is 2.28. The highest BCUT2D eigenvalue weighted by molar-refractivity contribution is 9.10. The Morgan fingerprint density at radius 3 is 2.60 bits per heavy atom. The molecular weight excluding hydrogens is 316 g/mol. The van der Waals surface area contributed by atoms with Gasteiger partial charge in [-0.05, 0) is 49.2 Å². The van der Waals surface area contributed by atoms with Gasteiger partial charge in [-0.3, -0.25) is 0 Å². The minimum atomic E-state index is -0.294. The van der Waals surface area contributed by atoms with Crippen molar-refractivity contribution in [2.24, 2.45) is 0 Å². The summed E-state index contributed by atoms with van der Waals surface area (Å²) in [5, 5.41) is 0.986. The smallest absolute Gasteiger partial charge is 0.344 e. The molecule has 3 rings (SSSR count). The van der Waals surface area contributed by atoms with E-state index in [1.807, 2.05) is 50.2 Å². The van der Waals surface area contributed by atoms with Gasteiger partial charge in [0.15, 0.2) is 0 Å². The van der Waals surface area contributed by atoms with Crippen molar-refractivity contribution in [3.8, 4) is 11.1 Å². The van der Waals surface area contributed by atoms with E-state index in [9.17, 15) is 4.79 Å². The van der Waals surface area contributed by atoms with E-state index in [4.69, 9.17) is 4.42 Å². The van der Waals surface area contributed by atoms with Gasteiger partial charge < -0.3 is 4.42 Å². The summed E-state index contributed by atoms with van der Waals surface area (Å²) in [6.45, 7) is 4.00. The van der Waals surface area contributed by atoms with Crippen LogP contribution in [0.3, 0.4) is 0 Å². The molecule has 0 bridgehead atoms.